The second-order valence-corrected chi connectivity index (χ2v) is 5.69. The number of nitrogens with two attached hydrogens (primary N) is 1. The summed E-state index contributed by atoms with van der Waals surface area (Å²) in [7, 11) is 0. The Hall–Kier alpha value is -3.43. The number of aromatic nitrogens is 1. The Bertz CT molecular complexity index is 1010. The van der Waals surface area contributed by atoms with Crippen molar-refractivity contribution in [1.29, 1.82) is 5.26 Å². The number of nitriles is 1. The maximum atomic E-state index is 11.1. The molecule has 0 unspecified atom stereocenters. The topological polar surface area (TPSA) is 107 Å². The van der Waals surface area contributed by atoms with Gasteiger partial charge < -0.3 is 0 Å². The lowest BCUT2D eigenvalue weighted by Crippen LogP contribution is -2.16. The van der Waals surface area contributed by atoms with E-state index in [1.807, 2.05) is 36.4 Å². The van der Waals surface area contributed by atoms with Crippen LogP contribution in [-0.4, -0.2) is 4.92 Å². The van der Waals surface area contributed by atoms with Crippen LogP contribution >= 0.6 is 11.6 Å². The van der Waals surface area contributed by atoms with Crippen LogP contribution in [0.4, 0.5) is 11.5 Å². The van der Waals surface area contributed by atoms with Gasteiger partial charge >= 0.3 is 0 Å². The molecule has 1 aromatic heterocycles. The first kappa shape index (κ1) is 16.4. The normalized spacial score (nSPS) is 10.2. The predicted octanol–water partition coefficient (Wildman–Crippen LogP) is 3.85. The molecule has 3 N–H and O–H groups in total. The van der Waals surface area contributed by atoms with Crippen molar-refractivity contribution >= 4 is 23.1 Å². The summed E-state index contributed by atoms with van der Waals surface area (Å²) in [5.41, 5.74) is 8.56. The van der Waals surface area contributed by atoms with Gasteiger partial charge in [-0.3, -0.25) is 15.8 Å². The third-order valence-electron chi connectivity index (χ3n) is 3.75. The third kappa shape index (κ3) is 3.13. The van der Waals surface area contributed by atoms with Crippen LogP contribution in [0.3, 0.4) is 0 Å². The first-order valence-corrected chi connectivity index (χ1v) is 7.64. The van der Waals surface area contributed by atoms with Crippen molar-refractivity contribution in [3.63, 3.8) is 0 Å². The van der Waals surface area contributed by atoms with Gasteiger partial charge in [0, 0.05) is 17.2 Å². The van der Waals surface area contributed by atoms with Crippen LogP contribution in [0.25, 0.3) is 22.4 Å². The van der Waals surface area contributed by atoms with Gasteiger partial charge in [0.15, 0.2) is 0 Å². The minimum Gasteiger partial charge on any atom is -0.286 e. The van der Waals surface area contributed by atoms with Crippen molar-refractivity contribution in [3.8, 4) is 28.5 Å². The van der Waals surface area contributed by atoms with Crippen molar-refractivity contribution in [1.82, 2.24) is 0 Å². The predicted molar refractivity (Wildman–Crippen MR) is 94.7 cm³/mol. The van der Waals surface area contributed by atoms with E-state index in [4.69, 9.17) is 17.3 Å². The van der Waals surface area contributed by atoms with Crippen molar-refractivity contribution < 1.29 is 9.91 Å². The number of pyridine rings is 1. The van der Waals surface area contributed by atoms with Gasteiger partial charge in [0.1, 0.15) is 22.3 Å². The van der Waals surface area contributed by atoms with E-state index >= 15 is 0 Å². The number of hydrogen-bond donors (Lipinski definition) is 1. The molecule has 7 heteroatoms. The highest BCUT2D eigenvalue weighted by Crippen LogP contribution is 2.34. The highest BCUT2D eigenvalue weighted by molar-refractivity contribution is 6.32. The van der Waals surface area contributed by atoms with E-state index in [0.717, 1.165) is 5.56 Å². The second kappa shape index (κ2) is 6.59. The molecule has 6 nitrogen and oxygen atoms in total. The number of aromatic amines is 1. The van der Waals surface area contributed by atoms with Crippen LogP contribution in [0.1, 0.15) is 5.56 Å². The van der Waals surface area contributed by atoms with Gasteiger partial charge in [0.2, 0.25) is 0 Å². The van der Waals surface area contributed by atoms with Crippen molar-refractivity contribution in [3.05, 3.63) is 75.3 Å². The molecule has 3 rings (SSSR count). The maximum absolute atomic E-state index is 11.1. The highest BCUT2D eigenvalue weighted by atomic mass is 35.5. The van der Waals surface area contributed by atoms with E-state index in [1.165, 1.54) is 12.1 Å². The van der Waals surface area contributed by atoms with Gasteiger partial charge in [-0.05, 0) is 17.7 Å². The minimum atomic E-state index is -0.561. The number of nitro groups is 1. The van der Waals surface area contributed by atoms with Crippen LogP contribution < -0.4 is 10.7 Å². The molecule has 2 aromatic carbocycles. The Morgan fingerprint density at radius 3 is 2.48 bits per heavy atom. The Morgan fingerprint density at radius 1 is 1.12 bits per heavy atom. The molecule has 0 bridgehead atoms. The highest BCUT2D eigenvalue weighted by Gasteiger charge is 2.20. The van der Waals surface area contributed by atoms with Gasteiger partial charge in [-0.1, -0.05) is 48.0 Å². The van der Waals surface area contributed by atoms with Gasteiger partial charge in [-0.15, -0.1) is 0 Å². The monoisotopic (exact) mass is 351 g/mol. The molecule has 0 radical (unpaired) electrons. The van der Waals surface area contributed by atoms with Gasteiger partial charge in [-0.25, -0.2) is 4.98 Å². The fraction of sp³-hybridized carbons (Fsp3) is 0. The minimum absolute atomic E-state index is 0.0333. The number of nitrogens with zero attached hydrogens (tertiary/aromatic N) is 2. The molecule has 0 atom stereocenters. The molecule has 0 aliphatic heterocycles. The Labute approximate surface area is 148 Å². The summed E-state index contributed by atoms with van der Waals surface area (Å²) in [5, 5.41) is 20.6. The number of rotatable bonds is 3. The van der Waals surface area contributed by atoms with Crippen LogP contribution in [0.2, 0.25) is 5.02 Å². The molecule has 25 heavy (non-hydrogen) atoms. The van der Waals surface area contributed by atoms with E-state index in [-0.39, 0.29) is 22.1 Å². The lowest BCUT2D eigenvalue weighted by Gasteiger charge is -2.08. The Balaban J connectivity index is 2.25. The number of nitrogens with one attached hydrogen (secondary N) is 1. The fourth-order valence-corrected chi connectivity index (χ4v) is 2.73. The summed E-state index contributed by atoms with van der Waals surface area (Å²) in [5.74, 6) is 0.191. The summed E-state index contributed by atoms with van der Waals surface area (Å²) in [6, 6.07) is 17.6. The third-order valence-corrected chi connectivity index (χ3v) is 4.07. The van der Waals surface area contributed by atoms with Crippen LogP contribution in [-0.2, 0) is 0 Å². The molecule has 122 valence electrons. The van der Waals surface area contributed by atoms with Gasteiger partial charge in [-0.2, -0.15) is 5.26 Å². The zero-order chi connectivity index (χ0) is 18.0. The quantitative estimate of drug-likeness (QED) is 0.571. The summed E-state index contributed by atoms with van der Waals surface area (Å²) in [4.78, 5) is 13.6. The molecule has 0 aliphatic rings. The number of benzene rings is 2. The maximum Gasteiger partial charge on any atom is 0.289 e. The molecule has 3 aromatic rings. The first-order chi connectivity index (χ1) is 12.0. The number of H-pyrrole nitrogens is 1. The standard InChI is InChI=1S/C18H11ClN4O2/c19-15-7-6-12(8-17(15)23(24)25)13-9-16(11-4-2-1-3-5-11)22-18(21)14(13)10-20/h1-9H,(H2,21,22)/p+1. The van der Waals surface area contributed by atoms with Crippen molar-refractivity contribution in [2.75, 3.05) is 5.73 Å². The zero-order valence-corrected chi connectivity index (χ0v) is 13.6. The molecule has 0 saturated carbocycles. The molecule has 0 saturated heterocycles. The molecule has 0 spiro atoms. The summed E-state index contributed by atoms with van der Waals surface area (Å²) in [6.45, 7) is 0. The average Bonchev–Trinajstić information content (AvgIpc) is 2.62. The number of nitrogen functional groups attached to an aromatic ring is 1. The second-order valence-electron chi connectivity index (χ2n) is 5.29. The van der Waals surface area contributed by atoms with Crippen molar-refractivity contribution in [2.24, 2.45) is 0 Å². The smallest absolute Gasteiger partial charge is 0.286 e. The molecule has 0 fully saturated rings. The lowest BCUT2D eigenvalue weighted by atomic mass is 9.98. The molecule has 0 aliphatic carbocycles. The number of halogens is 1. The van der Waals surface area contributed by atoms with E-state index in [9.17, 15) is 15.4 Å². The Morgan fingerprint density at radius 2 is 1.84 bits per heavy atom. The first-order valence-electron chi connectivity index (χ1n) is 7.27. The van der Waals surface area contributed by atoms with E-state index in [1.54, 1.807) is 12.1 Å². The van der Waals surface area contributed by atoms with E-state index in [0.29, 0.717) is 16.8 Å². The van der Waals surface area contributed by atoms with Gasteiger partial charge in [0.05, 0.1) is 4.92 Å². The fourth-order valence-electron chi connectivity index (χ4n) is 2.55. The zero-order valence-electron chi connectivity index (χ0n) is 12.9. The molecule has 0 amide bonds. The summed E-state index contributed by atoms with van der Waals surface area (Å²) >= 11 is 5.87. The molecular formula is C18H12ClN4O2+. The number of nitro benzene ring substituents is 1. The van der Waals surface area contributed by atoms with Crippen LogP contribution in [0.5, 0.6) is 0 Å². The van der Waals surface area contributed by atoms with Crippen LogP contribution in [0.15, 0.2) is 54.6 Å². The average molecular weight is 352 g/mol. The summed E-state index contributed by atoms with van der Waals surface area (Å²) < 4.78 is 0. The number of anilines is 1. The lowest BCUT2D eigenvalue weighted by molar-refractivity contribution is -0.384. The van der Waals surface area contributed by atoms with Gasteiger partial charge in [0.25, 0.3) is 11.5 Å². The SMILES string of the molecule is N#Cc1c(-c2ccc(Cl)c([N+](=O)[O-])c2)cc(-c2ccccc2)[nH+]c1N. The van der Waals surface area contributed by atoms with E-state index in [2.05, 4.69) is 4.98 Å². The Kier molecular flexibility index (Phi) is 4.33. The largest absolute Gasteiger partial charge is 0.289 e. The summed E-state index contributed by atoms with van der Waals surface area (Å²) in [6.07, 6.45) is 0. The number of hydrogen-bond acceptors (Lipinski definition) is 4. The molecular weight excluding hydrogens is 340 g/mol. The van der Waals surface area contributed by atoms with E-state index < -0.39 is 4.92 Å². The molecule has 1 heterocycles. The van der Waals surface area contributed by atoms with Crippen LogP contribution in [0, 0.1) is 21.4 Å². The van der Waals surface area contributed by atoms with Crippen molar-refractivity contribution in [2.45, 2.75) is 0 Å².